The van der Waals surface area contributed by atoms with Crippen LogP contribution in [-0.4, -0.2) is 59.5 Å². The molecule has 2 aliphatic heterocycles. The van der Waals surface area contributed by atoms with Crippen LogP contribution < -0.4 is 4.74 Å². The van der Waals surface area contributed by atoms with Crippen LogP contribution in [0.3, 0.4) is 0 Å². The lowest BCUT2D eigenvalue weighted by atomic mass is 9.78. The van der Waals surface area contributed by atoms with Crippen molar-refractivity contribution in [3.63, 3.8) is 0 Å². The van der Waals surface area contributed by atoms with Crippen LogP contribution in [0.1, 0.15) is 22.3 Å². The molecule has 0 N–H and O–H groups in total. The first kappa shape index (κ1) is 15.1. The van der Waals surface area contributed by atoms with Crippen LogP contribution >= 0.6 is 0 Å². The lowest BCUT2D eigenvalue weighted by Crippen LogP contribution is -2.35. The van der Waals surface area contributed by atoms with Crippen molar-refractivity contribution in [3.8, 4) is 5.88 Å². The van der Waals surface area contributed by atoms with Crippen molar-refractivity contribution < 1.29 is 23.3 Å². The molecule has 0 spiro atoms. The minimum Gasteiger partial charge on any atom is -0.479 e. The summed E-state index contributed by atoms with van der Waals surface area (Å²) >= 11 is 0. The predicted octanol–water partition coefficient (Wildman–Crippen LogP) is 0.706. The summed E-state index contributed by atoms with van der Waals surface area (Å²) < 4.78 is 21.0. The van der Waals surface area contributed by atoms with Gasteiger partial charge in [-0.05, 0) is 12.1 Å². The Hall–Kier alpha value is -2.42. The molecule has 2 atom stereocenters. The number of carbonyl (C=O) groups is 1. The fourth-order valence-electron chi connectivity index (χ4n) is 3.56. The van der Waals surface area contributed by atoms with E-state index in [4.69, 9.17) is 18.5 Å². The van der Waals surface area contributed by atoms with Crippen LogP contribution in [0, 0.1) is 18.3 Å². The lowest BCUT2D eigenvalue weighted by molar-refractivity contribution is 0.0674. The highest BCUT2D eigenvalue weighted by atomic mass is 16.5. The van der Waals surface area contributed by atoms with Crippen molar-refractivity contribution in [1.82, 2.24) is 20.2 Å². The summed E-state index contributed by atoms with van der Waals surface area (Å²) in [6.07, 6.45) is 0.599. The molecule has 128 valence electrons. The van der Waals surface area contributed by atoms with Crippen LogP contribution in [0.15, 0.2) is 15.1 Å². The largest absolute Gasteiger partial charge is 0.479 e. The molecule has 0 bridgehead atoms. The van der Waals surface area contributed by atoms with E-state index in [-0.39, 0.29) is 28.9 Å². The summed E-state index contributed by atoms with van der Waals surface area (Å²) in [6, 6.07) is 1.50. The van der Waals surface area contributed by atoms with Crippen LogP contribution in [-0.2, 0) is 11.2 Å². The van der Waals surface area contributed by atoms with E-state index in [0.717, 1.165) is 0 Å². The third-order valence-corrected chi connectivity index (χ3v) is 4.79. The zero-order chi connectivity index (χ0) is 16.7. The van der Waals surface area contributed by atoms with Crippen molar-refractivity contribution in [2.75, 3.05) is 33.4 Å². The van der Waals surface area contributed by atoms with Gasteiger partial charge in [-0.2, -0.15) is 4.98 Å². The van der Waals surface area contributed by atoms with E-state index in [1.165, 1.54) is 13.2 Å². The fourth-order valence-corrected chi connectivity index (χ4v) is 3.56. The van der Waals surface area contributed by atoms with E-state index in [1.54, 1.807) is 11.8 Å². The third-order valence-electron chi connectivity index (χ3n) is 4.79. The number of ether oxygens (including phenoxy) is 2. The predicted molar refractivity (Wildman–Crippen MR) is 78.4 cm³/mol. The maximum Gasteiger partial charge on any atom is 0.292 e. The lowest BCUT2D eigenvalue weighted by Gasteiger charge is -2.24. The summed E-state index contributed by atoms with van der Waals surface area (Å²) in [7, 11) is 1.48. The monoisotopic (exact) mass is 334 g/mol. The van der Waals surface area contributed by atoms with Gasteiger partial charge < -0.3 is 23.4 Å². The highest BCUT2D eigenvalue weighted by Gasteiger charge is 2.53. The van der Waals surface area contributed by atoms with Crippen LogP contribution in [0.2, 0.25) is 0 Å². The number of fused-ring (bicyclic) bond motifs is 1. The molecular weight excluding hydrogens is 316 g/mol. The number of aromatic nitrogens is 3. The number of likely N-dealkylation sites (tertiary alicyclic amines) is 1. The van der Waals surface area contributed by atoms with Gasteiger partial charge in [-0.1, -0.05) is 5.16 Å². The highest BCUT2D eigenvalue weighted by Crippen LogP contribution is 2.44. The van der Waals surface area contributed by atoms with Gasteiger partial charge in [-0.3, -0.25) is 4.79 Å². The maximum absolute atomic E-state index is 12.7. The number of amides is 1. The summed E-state index contributed by atoms with van der Waals surface area (Å²) in [5.41, 5.74) is -0.196. The number of methoxy groups -OCH3 is 1. The molecule has 2 aromatic rings. The molecule has 9 nitrogen and oxygen atoms in total. The number of rotatable bonds is 4. The zero-order valence-corrected chi connectivity index (χ0v) is 13.5. The molecule has 24 heavy (non-hydrogen) atoms. The van der Waals surface area contributed by atoms with Gasteiger partial charge in [0.25, 0.3) is 11.8 Å². The molecule has 1 amide bonds. The second-order valence-electron chi connectivity index (χ2n) is 6.41. The first-order valence-corrected chi connectivity index (χ1v) is 7.76. The SMILES string of the molecule is COc1cc(C(=O)N2C[C@@H]3COC[C@]3(Cc3nc(C)no3)C2)on1. The second kappa shape index (κ2) is 5.59. The molecule has 0 unspecified atom stereocenters. The molecule has 2 aromatic heterocycles. The number of carbonyl (C=O) groups excluding carboxylic acids is 1. The van der Waals surface area contributed by atoms with E-state index in [0.29, 0.717) is 44.4 Å². The Kier molecular flexibility index (Phi) is 3.52. The summed E-state index contributed by atoms with van der Waals surface area (Å²) in [5, 5.41) is 7.52. The van der Waals surface area contributed by atoms with E-state index < -0.39 is 0 Å². The van der Waals surface area contributed by atoms with Crippen LogP contribution in [0.25, 0.3) is 0 Å². The Balaban J connectivity index is 1.53. The van der Waals surface area contributed by atoms with Gasteiger partial charge in [0.05, 0.1) is 26.4 Å². The second-order valence-corrected chi connectivity index (χ2v) is 6.41. The standard InChI is InChI=1S/C15H18N4O5/c1-9-16-13(24-17-9)4-15-7-19(5-10(15)6-22-8-15)14(20)11-3-12(21-2)18-23-11/h3,10H,4-8H2,1-2H3/t10-,15+/m1/s1. The Morgan fingerprint density at radius 1 is 1.46 bits per heavy atom. The average Bonchev–Trinajstić information content (AvgIpc) is 3.30. The molecular formula is C15H18N4O5. The van der Waals surface area contributed by atoms with E-state index in [1.807, 2.05) is 0 Å². The van der Waals surface area contributed by atoms with Crippen LogP contribution in [0.5, 0.6) is 5.88 Å². The number of aryl methyl sites for hydroxylation is 1. The minimum absolute atomic E-state index is 0.177. The Labute approximate surface area is 137 Å². The summed E-state index contributed by atoms with van der Waals surface area (Å²) in [6.45, 7) is 4.14. The van der Waals surface area contributed by atoms with Gasteiger partial charge in [0.15, 0.2) is 5.82 Å². The smallest absolute Gasteiger partial charge is 0.292 e. The van der Waals surface area contributed by atoms with Crippen molar-refractivity contribution in [2.45, 2.75) is 13.3 Å². The first-order chi connectivity index (χ1) is 11.6. The summed E-state index contributed by atoms with van der Waals surface area (Å²) in [5.74, 6) is 1.70. The molecule has 4 heterocycles. The fraction of sp³-hybridized carbons (Fsp3) is 0.600. The molecule has 2 saturated heterocycles. The van der Waals surface area contributed by atoms with Gasteiger partial charge in [-0.25, -0.2) is 0 Å². The van der Waals surface area contributed by atoms with Crippen molar-refractivity contribution in [2.24, 2.45) is 11.3 Å². The average molecular weight is 334 g/mol. The molecule has 0 aromatic carbocycles. The number of nitrogens with zero attached hydrogens (tertiary/aromatic N) is 4. The van der Waals surface area contributed by atoms with E-state index in [2.05, 4.69) is 15.3 Å². The normalized spacial score (nSPS) is 25.9. The first-order valence-electron chi connectivity index (χ1n) is 7.76. The third kappa shape index (κ3) is 2.44. The van der Waals surface area contributed by atoms with Gasteiger partial charge in [0, 0.05) is 30.8 Å². The Morgan fingerprint density at radius 2 is 2.33 bits per heavy atom. The Bertz CT molecular complexity index is 757. The molecule has 0 saturated carbocycles. The van der Waals surface area contributed by atoms with Gasteiger partial charge in [-0.15, -0.1) is 0 Å². The van der Waals surface area contributed by atoms with Gasteiger partial charge in [0.2, 0.25) is 11.7 Å². The topological polar surface area (TPSA) is 104 Å². The molecule has 2 aliphatic rings. The quantitative estimate of drug-likeness (QED) is 0.805. The Morgan fingerprint density at radius 3 is 3.04 bits per heavy atom. The summed E-state index contributed by atoms with van der Waals surface area (Å²) in [4.78, 5) is 18.7. The minimum atomic E-state index is -0.196. The molecule has 4 rings (SSSR count). The van der Waals surface area contributed by atoms with E-state index >= 15 is 0 Å². The zero-order valence-electron chi connectivity index (χ0n) is 13.5. The molecule has 9 heteroatoms. The molecule has 2 fully saturated rings. The molecule has 0 radical (unpaired) electrons. The van der Waals surface area contributed by atoms with E-state index in [9.17, 15) is 4.79 Å². The highest BCUT2D eigenvalue weighted by molar-refractivity contribution is 5.92. The van der Waals surface area contributed by atoms with Crippen molar-refractivity contribution in [1.29, 1.82) is 0 Å². The number of hydrogen-bond donors (Lipinski definition) is 0. The number of hydrogen-bond acceptors (Lipinski definition) is 8. The van der Waals surface area contributed by atoms with Gasteiger partial charge >= 0.3 is 0 Å². The molecule has 0 aliphatic carbocycles. The maximum atomic E-state index is 12.7. The van der Waals surface area contributed by atoms with Crippen molar-refractivity contribution >= 4 is 5.91 Å². The van der Waals surface area contributed by atoms with Crippen molar-refractivity contribution in [3.05, 3.63) is 23.5 Å². The van der Waals surface area contributed by atoms with Gasteiger partial charge in [0.1, 0.15) is 0 Å². The van der Waals surface area contributed by atoms with Crippen LogP contribution in [0.4, 0.5) is 0 Å².